The first-order chi connectivity index (χ1) is 10.1. The number of nitrogens with zero attached hydrogens (tertiary/aromatic N) is 3. The SMILES string of the molecule is CC(=O)CNC(=O)NCc1cn(Cc2ccccc2)nn1. The average molecular weight is 287 g/mol. The van der Waals surface area contributed by atoms with E-state index in [-0.39, 0.29) is 18.9 Å². The van der Waals surface area contributed by atoms with Gasteiger partial charge in [-0.15, -0.1) is 5.10 Å². The summed E-state index contributed by atoms with van der Waals surface area (Å²) in [6.07, 6.45) is 1.78. The molecule has 0 fully saturated rings. The monoisotopic (exact) mass is 287 g/mol. The Morgan fingerprint density at radius 3 is 2.67 bits per heavy atom. The minimum absolute atomic E-state index is 0.0204. The predicted octanol–water partition coefficient (Wildman–Crippen LogP) is 0.715. The molecule has 0 aliphatic rings. The van der Waals surface area contributed by atoms with Crippen LogP contribution in [0.5, 0.6) is 0 Å². The van der Waals surface area contributed by atoms with E-state index in [1.807, 2.05) is 30.3 Å². The van der Waals surface area contributed by atoms with Gasteiger partial charge in [0, 0.05) is 0 Å². The summed E-state index contributed by atoms with van der Waals surface area (Å²) in [5, 5.41) is 13.0. The van der Waals surface area contributed by atoms with Crippen LogP contribution in [0.1, 0.15) is 18.2 Å². The second kappa shape index (κ2) is 7.18. The van der Waals surface area contributed by atoms with Gasteiger partial charge in [-0.05, 0) is 12.5 Å². The van der Waals surface area contributed by atoms with Gasteiger partial charge in [0.1, 0.15) is 11.5 Å². The van der Waals surface area contributed by atoms with Crippen molar-refractivity contribution in [1.82, 2.24) is 25.6 Å². The molecule has 0 bridgehead atoms. The van der Waals surface area contributed by atoms with Gasteiger partial charge in [-0.1, -0.05) is 35.5 Å². The largest absolute Gasteiger partial charge is 0.332 e. The van der Waals surface area contributed by atoms with Crippen molar-refractivity contribution in [3.05, 3.63) is 47.8 Å². The van der Waals surface area contributed by atoms with Crippen molar-refractivity contribution >= 4 is 11.8 Å². The van der Waals surface area contributed by atoms with Crippen molar-refractivity contribution in [3.63, 3.8) is 0 Å². The first-order valence-electron chi connectivity index (χ1n) is 6.57. The van der Waals surface area contributed by atoms with Crippen LogP contribution in [0.25, 0.3) is 0 Å². The molecular formula is C14H17N5O2. The third kappa shape index (κ3) is 5.06. The van der Waals surface area contributed by atoms with E-state index in [1.165, 1.54) is 6.92 Å². The van der Waals surface area contributed by atoms with E-state index < -0.39 is 6.03 Å². The molecule has 0 aliphatic heterocycles. The summed E-state index contributed by atoms with van der Waals surface area (Å²) in [6.45, 7) is 2.32. The van der Waals surface area contributed by atoms with Gasteiger partial charge in [-0.3, -0.25) is 4.79 Å². The maximum atomic E-state index is 11.4. The summed E-state index contributed by atoms with van der Waals surface area (Å²) >= 11 is 0. The van der Waals surface area contributed by atoms with Crippen LogP contribution in [-0.2, 0) is 17.9 Å². The van der Waals surface area contributed by atoms with Crippen molar-refractivity contribution in [2.75, 3.05) is 6.54 Å². The van der Waals surface area contributed by atoms with Gasteiger partial charge in [0.15, 0.2) is 0 Å². The fraction of sp³-hybridized carbons (Fsp3) is 0.286. The van der Waals surface area contributed by atoms with Crippen LogP contribution >= 0.6 is 0 Å². The summed E-state index contributed by atoms with van der Waals surface area (Å²) in [5.74, 6) is -0.0982. The van der Waals surface area contributed by atoms with Crippen LogP contribution in [-0.4, -0.2) is 33.4 Å². The number of carbonyl (C=O) groups is 2. The lowest BCUT2D eigenvalue weighted by atomic mass is 10.2. The highest BCUT2D eigenvalue weighted by Gasteiger charge is 2.05. The highest BCUT2D eigenvalue weighted by Crippen LogP contribution is 2.02. The number of aromatic nitrogens is 3. The summed E-state index contributed by atoms with van der Waals surface area (Å²) in [7, 11) is 0. The van der Waals surface area contributed by atoms with Crippen LogP contribution in [0.3, 0.4) is 0 Å². The molecule has 0 radical (unpaired) electrons. The molecule has 0 saturated heterocycles. The van der Waals surface area contributed by atoms with E-state index in [9.17, 15) is 9.59 Å². The molecule has 1 heterocycles. The van der Waals surface area contributed by atoms with Gasteiger partial charge >= 0.3 is 6.03 Å². The maximum absolute atomic E-state index is 11.4. The Hall–Kier alpha value is -2.70. The number of urea groups is 1. The highest BCUT2D eigenvalue weighted by molar-refractivity contribution is 5.83. The molecule has 0 saturated carbocycles. The molecule has 1 aromatic carbocycles. The number of ketones is 1. The fourth-order valence-corrected chi connectivity index (χ4v) is 1.71. The van der Waals surface area contributed by atoms with Crippen LogP contribution in [0.4, 0.5) is 4.79 Å². The summed E-state index contributed by atoms with van der Waals surface area (Å²) in [5.41, 5.74) is 1.78. The quantitative estimate of drug-likeness (QED) is 0.819. The van der Waals surface area contributed by atoms with E-state index >= 15 is 0 Å². The molecule has 0 spiro atoms. The fourth-order valence-electron chi connectivity index (χ4n) is 1.71. The van der Waals surface area contributed by atoms with Gasteiger partial charge in [0.05, 0.1) is 25.8 Å². The number of hydrogen-bond donors (Lipinski definition) is 2. The van der Waals surface area contributed by atoms with E-state index in [4.69, 9.17) is 0 Å². The number of amides is 2. The van der Waals surface area contributed by atoms with Crippen molar-refractivity contribution in [2.24, 2.45) is 0 Å². The molecule has 0 atom stereocenters. The maximum Gasteiger partial charge on any atom is 0.315 e. The number of rotatable bonds is 6. The lowest BCUT2D eigenvalue weighted by Gasteiger charge is -2.03. The normalized spacial score (nSPS) is 10.1. The molecule has 7 heteroatoms. The second-order valence-corrected chi connectivity index (χ2v) is 4.63. The van der Waals surface area contributed by atoms with Crippen LogP contribution in [0.2, 0.25) is 0 Å². The highest BCUT2D eigenvalue weighted by atomic mass is 16.2. The molecule has 2 N–H and O–H groups in total. The smallest absolute Gasteiger partial charge is 0.315 e. The van der Waals surface area contributed by atoms with Crippen molar-refractivity contribution < 1.29 is 9.59 Å². The zero-order chi connectivity index (χ0) is 15.1. The van der Waals surface area contributed by atoms with Crippen molar-refractivity contribution in [1.29, 1.82) is 0 Å². The van der Waals surface area contributed by atoms with E-state index in [0.29, 0.717) is 12.2 Å². The molecule has 2 rings (SSSR count). The molecule has 1 aromatic heterocycles. The van der Waals surface area contributed by atoms with Gasteiger partial charge < -0.3 is 10.6 Å². The van der Waals surface area contributed by atoms with Crippen LogP contribution in [0, 0.1) is 0 Å². The number of benzene rings is 1. The first-order valence-corrected chi connectivity index (χ1v) is 6.57. The Morgan fingerprint density at radius 1 is 1.19 bits per heavy atom. The lowest BCUT2D eigenvalue weighted by Crippen LogP contribution is -2.37. The molecule has 2 aromatic rings. The average Bonchev–Trinajstić information content (AvgIpc) is 2.91. The zero-order valence-electron chi connectivity index (χ0n) is 11.7. The zero-order valence-corrected chi connectivity index (χ0v) is 11.7. The number of hydrogen-bond acceptors (Lipinski definition) is 4. The van der Waals surface area contributed by atoms with E-state index in [1.54, 1.807) is 10.9 Å². The third-order valence-electron chi connectivity index (χ3n) is 2.70. The number of carbonyl (C=O) groups excluding carboxylic acids is 2. The van der Waals surface area contributed by atoms with Gasteiger partial charge in [0.25, 0.3) is 0 Å². The number of Topliss-reactive ketones (excluding diaryl/α,β-unsaturated/α-hetero) is 1. The minimum atomic E-state index is -0.400. The Morgan fingerprint density at radius 2 is 1.95 bits per heavy atom. The molecule has 0 unspecified atom stereocenters. The Labute approximate surface area is 122 Å². The number of nitrogens with one attached hydrogen (secondary N) is 2. The summed E-state index contributed by atoms with van der Waals surface area (Å²) < 4.78 is 1.71. The van der Waals surface area contributed by atoms with Gasteiger partial charge in [0.2, 0.25) is 0 Å². The molecule has 2 amide bonds. The predicted molar refractivity (Wildman–Crippen MR) is 76.5 cm³/mol. The Kier molecular flexibility index (Phi) is 5.03. The molecule has 0 aliphatic carbocycles. The second-order valence-electron chi connectivity index (χ2n) is 4.63. The first kappa shape index (κ1) is 14.7. The molecule has 110 valence electrons. The van der Waals surface area contributed by atoms with Gasteiger partial charge in [-0.2, -0.15) is 0 Å². The van der Waals surface area contributed by atoms with Crippen molar-refractivity contribution in [3.8, 4) is 0 Å². The van der Waals surface area contributed by atoms with Crippen LogP contribution in [0.15, 0.2) is 36.5 Å². The topological polar surface area (TPSA) is 88.9 Å². The Balaban J connectivity index is 1.80. The molecular weight excluding hydrogens is 270 g/mol. The summed E-state index contributed by atoms with van der Waals surface area (Å²) in [6, 6.07) is 9.51. The molecule has 21 heavy (non-hydrogen) atoms. The van der Waals surface area contributed by atoms with Gasteiger partial charge in [-0.25, -0.2) is 9.48 Å². The minimum Gasteiger partial charge on any atom is -0.332 e. The molecule has 7 nitrogen and oxygen atoms in total. The van der Waals surface area contributed by atoms with E-state index in [2.05, 4.69) is 20.9 Å². The van der Waals surface area contributed by atoms with E-state index in [0.717, 1.165) is 5.56 Å². The standard InChI is InChI=1S/C14H17N5O2/c1-11(20)7-15-14(21)16-8-13-10-19(18-17-13)9-12-5-3-2-4-6-12/h2-6,10H,7-9H2,1H3,(H2,15,16,21). The lowest BCUT2D eigenvalue weighted by molar-refractivity contribution is -0.116. The third-order valence-corrected chi connectivity index (χ3v) is 2.70. The summed E-state index contributed by atoms with van der Waals surface area (Å²) in [4.78, 5) is 22.1. The Bertz CT molecular complexity index is 609. The van der Waals surface area contributed by atoms with Crippen LogP contribution < -0.4 is 10.6 Å². The van der Waals surface area contributed by atoms with Crippen molar-refractivity contribution in [2.45, 2.75) is 20.0 Å².